The number of hydrogen-bond acceptors (Lipinski definition) is 7. The number of nitrogens with one attached hydrogen (secondary N) is 1. The molecule has 1 atom stereocenters. The molecule has 0 saturated carbocycles. The summed E-state index contributed by atoms with van der Waals surface area (Å²) in [7, 11) is 2.91. The first-order valence-corrected chi connectivity index (χ1v) is 10.1. The van der Waals surface area contributed by atoms with E-state index in [-0.39, 0.29) is 11.8 Å². The van der Waals surface area contributed by atoms with E-state index in [1.807, 2.05) is 24.3 Å². The van der Waals surface area contributed by atoms with E-state index in [1.165, 1.54) is 7.11 Å². The molecule has 1 aromatic heterocycles. The zero-order valence-electron chi connectivity index (χ0n) is 17.5. The number of methoxy groups -OCH3 is 2. The standard InChI is InChI=1S/C23H24N4O4/c1-30-22-20(25-18-7-3-4-8-19(18)26-22)27-13-5-6-16(14-27)21(28)24-17-11-9-15(10-12-17)23(29)31-2/h3-4,7-12,16H,5-6,13-14H2,1-2H3,(H,24,28)/t16-/m0/s1. The largest absolute Gasteiger partial charge is 0.478 e. The zero-order chi connectivity index (χ0) is 21.8. The van der Waals surface area contributed by atoms with E-state index in [4.69, 9.17) is 14.5 Å². The van der Waals surface area contributed by atoms with Gasteiger partial charge in [0.25, 0.3) is 5.88 Å². The maximum absolute atomic E-state index is 12.9. The Bertz CT molecular complexity index is 1100. The summed E-state index contributed by atoms with van der Waals surface area (Å²) in [6, 6.07) is 14.3. The molecule has 160 valence electrons. The van der Waals surface area contributed by atoms with Crippen LogP contribution in [0.5, 0.6) is 5.88 Å². The van der Waals surface area contributed by atoms with Crippen molar-refractivity contribution in [3.63, 3.8) is 0 Å². The quantitative estimate of drug-likeness (QED) is 0.633. The van der Waals surface area contributed by atoms with E-state index in [0.29, 0.717) is 29.5 Å². The number of carbonyl (C=O) groups is 2. The first kappa shape index (κ1) is 20.6. The highest BCUT2D eigenvalue weighted by molar-refractivity contribution is 5.94. The highest BCUT2D eigenvalue weighted by Gasteiger charge is 2.29. The molecule has 4 rings (SSSR count). The lowest BCUT2D eigenvalue weighted by molar-refractivity contribution is -0.120. The molecule has 0 aliphatic carbocycles. The van der Waals surface area contributed by atoms with E-state index in [1.54, 1.807) is 31.4 Å². The van der Waals surface area contributed by atoms with Gasteiger partial charge in [-0.2, -0.15) is 0 Å². The van der Waals surface area contributed by atoms with Gasteiger partial charge in [-0.15, -0.1) is 0 Å². The second-order valence-electron chi connectivity index (χ2n) is 7.39. The summed E-state index contributed by atoms with van der Waals surface area (Å²) in [4.78, 5) is 35.8. The SMILES string of the molecule is COC(=O)c1ccc(NC(=O)[C@H]2CCCN(c3nc4ccccc4nc3OC)C2)cc1. The van der Waals surface area contributed by atoms with Crippen molar-refractivity contribution < 1.29 is 19.1 Å². The van der Waals surface area contributed by atoms with Crippen molar-refractivity contribution in [2.45, 2.75) is 12.8 Å². The van der Waals surface area contributed by atoms with Crippen LogP contribution in [0.25, 0.3) is 11.0 Å². The van der Waals surface area contributed by atoms with Gasteiger partial charge in [-0.3, -0.25) is 4.79 Å². The monoisotopic (exact) mass is 420 g/mol. The van der Waals surface area contributed by atoms with E-state index in [2.05, 4.69) is 15.2 Å². The lowest BCUT2D eigenvalue weighted by Gasteiger charge is -2.33. The third kappa shape index (κ3) is 4.42. The molecule has 1 aliphatic rings. The molecule has 2 aromatic carbocycles. The van der Waals surface area contributed by atoms with Crippen LogP contribution in [0.15, 0.2) is 48.5 Å². The molecule has 31 heavy (non-hydrogen) atoms. The molecular formula is C23H24N4O4. The van der Waals surface area contributed by atoms with Gasteiger partial charge < -0.3 is 19.7 Å². The number of ether oxygens (including phenoxy) is 2. The average molecular weight is 420 g/mol. The summed E-state index contributed by atoms with van der Waals surface area (Å²) in [6.45, 7) is 1.30. The molecular weight excluding hydrogens is 396 g/mol. The third-order valence-electron chi connectivity index (χ3n) is 5.38. The average Bonchev–Trinajstić information content (AvgIpc) is 2.83. The summed E-state index contributed by atoms with van der Waals surface area (Å²) >= 11 is 0. The number of amides is 1. The molecule has 1 amide bonds. The Labute approximate surface area is 180 Å². The number of hydrogen-bond donors (Lipinski definition) is 1. The predicted molar refractivity (Wildman–Crippen MR) is 117 cm³/mol. The number of esters is 1. The van der Waals surface area contributed by atoms with Gasteiger partial charge in [-0.25, -0.2) is 14.8 Å². The number of anilines is 2. The van der Waals surface area contributed by atoms with Crippen LogP contribution in [0.4, 0.5) is 11.5 Å². The van der Waals surface area contributed by atoms with Gasteiger partial charge in [0.1, 0.15) is 0 Å². The van der Waals surface area contributed by atoms with Crippen LogP contribution >= 0.6 is 0 Å². The van der Waals surface area contributed by atoms with Crippen LogP contribution in [0.3, 0.4) is 0 Å². The van der Waals surface area contributed by atoms with E-state index in [9.17, 15) is 9.59 Å². The fraction of sp³-hybridized carbons (Fsp3) is 0.304. The van der Waals surface area contributed by atoms with Gasteiger partial charge in [0, 0.05) is 18.8 Å². The highest BCUT2D eigenvalue weighted by Crippen LogP contribution is 2.30. The lowest BCUT2D eigenvalue weighted by Crippen LogP contribution is -2.41. The predicted octanol–water partition coefficient (Wildman–Crippen LogP) is 3.28. The normalized spacial score (nSPS) is 16.1. The number of fused-ring (bicyclic) bond motifs is 1. The van der Waals surface area contributed by atoms with Crippen molar-refractivity contribution in [2.24, 2.45) is 5.92 Å². The highest BCUT2D eigenvalue weighted by atomic mass is 16.5. The summed E-state index contributed by atoms with van der Waals surface area (Å²) in [5.41, 5.74) is 2.63. The lowest BCUT2D eigenvalue weighted by atomic mass is 9.97. The molecule has 3 aromatic rings. The van der Waals surface area contributed by atoms with Crippen molar-refractivity contribution >= 4 is 34.4 Å². The topological polar surface area (TPSA) is 93.7 Å². The third-order valence-corrected chi connectivity index (χ3v) is 5.38. The van der Waals surface area contributed by atoms with Crippen molar-refractivity contribution in [3.8, 4) is 5.88 Å². The molecule has 1 N–H and O–H groups in total. The maximum atomic E-state index is 12.9. The molecule has 0 unspecified atom stereocenters. The van der Waals surface area contributed by atoms with Crippen molar-refractivity contribution in [3.05, 3.63) is 54.1 Å². The number of piperidine rings is 1. The smallest absolute Gasteiger partial charge is 0.337 e. The minimum Gasteiger partial charge on any atom is -0.478 e. The Kier molecular flexibility index (Phi) is 5.97. The summed E-state index contributed by atoms with van der Waals surface area (Å²) in [5, 5.41) is 2.94. The van der Waals surface area contributed by atoms with E-state index < -0.39 is 5.97 Å². The molecule has 2 heterocycles. The van der Waals surface area contributed by atoms with Crippen LogP contribution in [0.2, 0.25) is 0 Å². The van der Waals surface area contributed by atoms with Crippen molar-refractivity contribution in [1.29, 1.82) is 0 Å². The number of carbonyl (C=O) groups excluding carboxylic acids is 2. The molecule has 1 aliphatic heterocycles. The number of aromatic nitrogens is 2. The second kappa shape index (κ2) is 8.99. The van der Waals surface area contributed by atoms with Crippen LogP contribution < -0.4 is 15.0 Å². The molecule has 0 spiro atoms. The Morgan fingerprint density at radius 1 is 1.03 bits per heavy atom. The molecule has 1 fully saturated rings. The molecule has 8 heteroatoms. The molecule has 0 radical (unpaired) electrons. The minimum atomic E-state index is -0.411. The summed E-state index contributed by atoms with van der Waals surface area (Å²) in [6.07, 6.45) is 1.64. The first-order chi connectivity index (χ1) is 15.1. The van der Waals surface area contributed by atoms with Crippen molar-refractivity contribution in [2.75, 3.05) is 37.5 Å². The molecule has 1 saturated heterocycles. The number of para-hydroxylation sites is 2. The Morgan fingerprint density at radius 2 is 1.74 bits per heavy atom. The number of benzene rings is 2. The van der Waals surface area contributed by atoms with Gasteiger partial charge in [-0.1, -0.05) is 12.1 Å². The molecule has 8 nitrogen and oxygen atoms in total. The number of nitrogens with zero attached hydrogens (tertiary/aromatic N) is 3. The van der Waals surface area contributed by atoms with Crippen LogP contribution in [-0.2, 0) is 9.53 Å². The molecule has 0 bridgehead atoms. The van der Waals surface area contributed by atoms with Gasteiger partial charge in [-0.05, 0) is 49.2 Å². The zero-order valence-corrected chi connectivity index (χ0v) is 17.5. The Hall–Kier alpha value is -3.68. The van der Waals surface area contributed by atoms with Gasteiger partial charge >= 0.3 is 5.97 Å². The van der Waals surface area contributed by atoms with Gasteiger partial charge in [0.05, 0.1) is 36.7 Å². The second-order valence-corrected chi connectivity index (χ2v) is 7.39. The van der Waals surface area contributed by atoms with Gasteiger partial charge in [0.2, 0.25) is 5.91 Å². The van der Waals surface area contributed by atoms with Crippen LogP contribution in [0.1, 0.15) is 23.2 Å². The minimum absolute atomic E-state index is 0.0665. The Morgan fingerprint density at radius 3 is 2.42 bits per heavy atom. The van der Waals surface area contributed by atoms with Crippen LogP contribution in [0, 0.1) is 5.92 Å². The Balaban J connectivity index is 1.49. The maximum Gasteiger partial charge on any atom is 0.337 e. The van der Waals surface area contributed by atoms with E-state index >= 15 is 0 Å². The summed E-state index contributed by atoms with van der Waals surface area (Å²) in [5.74, 6) is 0.431. The fourth-order valence-corrected chi connectivity index (χ4v) is 3.75. The fourth-order valence-electron chi connectivity index (χ4n) is 3.75. The van der Waals surface area contributed by atoms with Crippen LogP contribution in [-0.4, -0.2) is 49.2 Å². The number of rotatable bonds is 5. The summed E-state index contributed by atoms with van der Waals surface area (Å²) < 4.78 is 10.2. The van der Waals surface area contributed by atoms with Gasteiger partial charge in [0.15, 0.2) is 5.82 Å². The first-order valence-electron chi connectivity index (χ1n) is 10.1. The van der Waals surface area contributed by atoms with E-state index in [0.717, 1.165) is 30.4 Å². The van der Waals surface area contributed by atoms with Crippen molar-refractivity contribution in [1.82, 2.24) is 9.97 Å².